The van der Waals surface area contributed by atoms with Crippen LogP contribution >= 0.6 is 11.3 Å². The average molecular weight is 564 g/mol. The Labute approximate surface area is 230 Å². The number of hydrogen-bond acceptors (Lipinski definition) is 9. The van der Waals surface area contributed by atoms with Crippen LogP contribution in [-0.2, 0) is 23.0 Å². The second kappa shape index (κ2) is 10.0. The summed E-state index contributed by atoms with van der Waals surface area (Å²) < 4.78 is 34.3. The zero-order valence-electron chi connectivity index (χ0n) is 22.0. The number of tetrazole rings is 1. The van der Waals surface area contributed by atoms with Crippen LogP contribution < -0.4 is 15.6 Å². The minimum absolute atomic E-state index is 0.000843. The van der Waals surface area contributed by atoms with Crippen molar-refractivity contribution in [2.75, 3.05) is 12.8 Å². The number of nitrogens with zero attached hydrogens (tertiary/aromatic N) is 5. The first-order valence-corrected chi connectivity index (χ1v) is 14.5. The second-order valence-corrected chi connectivity index (χ2v) is 13.0. The number of thiazole rings is 1. The molecule has 3 aromatic carbocycles. The van der Waals surface area contributed by atoms with Crippen molar-refractivity contribution in [1.29, 1.82) is 0 Å². The van der Waals surface area contributed by atoms with E-state index in [1.54, 1.807) is 11.8 Å². The summed E-state index contributed by atoms with van der Waals surface area (Å²) in [6, 6.07) is 16.9. The van der Waals surface area contributed by atoms with Crippen molar-refractivity contribution in [3.8, 4) is 28.3 Å². The van der Waals surface area contributed by atoms with Crippen LogP contribution in [0.5, 0.6) is 5.75 Å². The number of para-hydroxylation sites is 1. The number of ether oxygens (including phenoxy) is 1. The van der Waals surface area contributed by atoms with Gasteiger partial charge in [0.2, 0.25) is 10.0 Å². The third kappa shape index (κ3) is 5.49. The number of anilines is 1. The lowest BCUT2D eigenvalue weighted by Crippen LogP contribution is -2.20. The molecule has 12 heteroatoms. The summed E-state index contributed by atoms with van der Waals surface area (Å²) in [5.74, 6) is 1.00. The van der Waals surface area contributed by atoms with Crippen molar-refractivity contribution in [3.05, 3.63) is 65.7 Å². The number of benzene rings is 3. The number of primary sulfonamides is 1. The number of nitrogens with two attached hydrogens (primary N) is 2. The van der Waals surface area contributed by atoms with Crippen molar-refractivity contribution < 1.29 is 13.2 Å². The molecule has 2 heterocycles. The largest absolute Gasteiger partial charge is 0.497 e. The van der Waals surface area contributed by atoms with Gasteiger partial charge < -0.3 is 10.5 Å². The van der Waals surface area contributed by atoms with Gasteiger partial charge in [-0.2, -0.15) is 0 Å². The Morgan fingerprint density at radius 1 is 1.03 bits per heavy atom. The summed E-state index contributed by atoms with van der Waals surface area (Å²) >= 11 is 1.36. The molecule has 39 heavy (non-hydrogen) atoms. The predicted molar refractivity (Wildman–Crippen MR) is 153 cm³/mol. The summed E-state index contributed by atoms with van der Waals surface area (Å²) in [6.45, 7) is 6.42. The molecule has 202 valence electrons. The standard InChI is InChI=1S/C27H29N7O3S2/c1-27(2,3)14-17-10-13-19(20-6-5-7-21-23(20)30-26(28)38-21)22(24(17)39(29,35)36)25-31-32-33-34(25)15-16-8-11-18(37-4)12-9-16/h5-13H,14-15H2,1-4H3,(H2,28,30)(H2,29,35,36). The number of aromatic nitrogens is 5. The maximum absolute atomic E-state index is 13.3. The fraction of sp³-hybridized carbons (Fsp3) is 0.259. The molecule has 0 spiro atoms. The first-order chi connectivity index (χ1) is 18.4. The molecule has 0 fully saturated rings. The van der Waals surface area contributed by atoms with Gasteiger partial charge in [-0.3, -0.25) is 0 Å². The van der Waals surface area contributed by atoms with Crippen molar-refractivity contribution in [3.63, 3.8) is 0 Å². The van der Waals surface area contributed by atoms with E-state index in [4.69, 9.17) is 15.6 Å². The smallest absolute Gasteiger partial charge is 0.239 e. The van der Waals surface area contributed by atoms with Gasteiger partial charge in [0.25, 0.3) is 0 Å². The van der Waals surface area contributed by atoms with Crippen LogP contribution in [0.1, 0.15) is 31.9 Å². The summed E-state index contributed by atoms with van der Waals surface area (Å²) in [5, 5.41) is 18.8. The summed E-state index contributed by atoms with van der Waals surface area (Å²) in [6.07, 6.45) is 0.472. The third-order valence-corrected chi connectivity index (χ3v) is 8.10. The summed E-state index contributed by atoms with van der Waals surface area (Å²) in [4.78, 5) is 4.54. The molecule has 0 aliphatic rings. The number of fused-ring (bicyclic) bond motifs is 1. The zero-order valence-corrected chi connectivity index (χ0v) is 23.7. The molecule has 5 rings (SSSR count). The normalized spacial score (nSPS) is 12.2. The highest BCUT2D eigenvalue weighted by Crippen LogP contribution is 2.42. The van der Waals surface area contributed by atoms with Crippen LogP contribution in [0.3, 0.4) is 0 Å². The lowest BCUT2D eigenvalue weighted by molar-refractivity contribution is 0.408. The molecule has 4 N–H and O–H groups in total. The van der Waals surface area contributed by atoms with Crippen LogP contribution in [0, 0.1) is 5.41 Å². The van der Waals surface area contributed by atoms with Crippen LogP contribution in [-0.4, -0.2) is 40.7 Å². The summed E-state index contributed by atoms with van der Waals surface area (Å²) in [5.41, 5.74) is 9.63. The van der Waals surface area contributed by atoms with Crippen molar-refractivity contribution in [2.24, 2.45) is 10.6 Å². The van der Waals surface area contributed by atoms with Gasteiger partial charge in [0.15, 0.2) is 11.0 Å². The van der Waals surface area contributed by atoms with Crippen LogP contribution in [0.4, 0.5) is 5.13 Å². The molecule has 0 saturated heterocycles. The van der Waals surface area contributed by atoms with Crippen molar-refractivity contribution in [1.82, 2.24) is 25.2 Å². The van der Waals surface area contributed by atoms with E-state index >= 15 is 0 Å². The molecule has 0 amide bonds. The quantitative estimate of drug-likeness (QED) is 0.294. The Kier molecular flexibility index (Phi) is 6.87. The molecular weight excluding hydrogens is 534 g/mol. The van der Waals surface area contributed by atoms with E-state index in [-0.39, 0.29) is 16.1 Å². The molecule has 0 bridgehead atoms. The molecule has 0 atom stereocenters. The van der Waals surface area contributed by atoms with E-state index in [1.165, 1.54) is 11.3 Å². The van der Waals surface area contributed by atoms with E-state index in [1.807, 2.05) is 75.4 Å². The topological polar surface area (TPSA) is 152 Å². The number of nitrogen functional groups attached to an aromatic ring is 1. The van der Waals surface area contributed by atoms with Crippen LogP contribution in [0.15, 0.2) is 59.5 Å². The fourth-order valence-electron chi connectivity index (χ4n) is 4.68. The Balaban J connectivity index is 1.80. The zero-order chi connectivity index (χ0) is 27.9. The number of hydrogen-bond donors (Lipinski definition) is 2. The Morgan fingerprint density at radius 3 is 2.44 bits per heavy atom. The molecule has 0 saturated carbocycles. The number of methoxy groups -OCH3 is 1. The van der Waals surface area contributed by atoms with Gasteiger partial charge in [-0.1, -0.05) is 68.5 Å². The van der Waals surface area contributed by atoms with Crippen molar-refractivity contribution in [2.45, 2.75) is 38.6 Å². The SMILES string of the molecule is COc1ccc(Cn2nnnc2-c2c(-c3cccc4sc(N)nc34)ccc(CC(C)(C)C)c2S(N)(=O)=O)cc1. The van der Waals surface area contributed by atoms with E-state index in [2.05, 4.69) is 20.5 Å². The maximum Gasteiger partial charge on any atom is 0.239 e. The second-order valence-electron chi connectivity index (χ2n) is 10.5. The third-order valence-electron chi connectivity index (χ3n) is 6.22. The first-order valence-electron chi connectivity index (χ1n) is 12.2. The molecule has 0 radical (unpaired) electrons. The fourth-order valence-corrected chi connectivity index (χ4v) is 6.44. The average Bonchev–Trinajstić information content (AvgIpc) is 3.47. The van der Waals surface area contributed by atoms with E-state index in [0.29, 0.717) is 45.9 Å². The minimum atomic E-state index is -4.21. The molecule has 0 aliphatic carbocycles. The van der Waals surface area contributed by atoms with Crippen LogP contribution in [0.2, 0.25) is 0 Å². The van der Waals surface area contributed by atoms with E-state index in [9.17, 15) is 8.42 Å². The van der Waals surface area contributed by atoms with Gasteiger partial charge in [0.1, 0.15) is 5.75 Å². The van der Waals surface area contributed by atoms with Gasteiger partial charge in [0.05, 0.1) is 28.8 Å². The van der Waals surface area contributed by atoms with Gasteiger partial charge >= 0.3 is 0 Å². The minimum Gasteiger partial charge on any atom is -0.497 e. The lowest BCUT2D eigenvalue weighted by Gasteiger charge is -2.23. The highest BCUT2D eigenvalue weighted by Gasteiger charge is 2.30. The predicted octanol–water partition coefficient (Wildman–Crippen LogP) is 4.49. The van der Waals surface area contributed by atoms with Gasteiger partial charge in [-0.05, 0) is 57.2 Å². The Morgan fingerprint density at radius 2 is 1.77 bits per heavy atom. The van der Waals surface area contributed by atoms with Gasteiger partial charge in [-0.15, -0.1) is 5.10 Å². The first kappa shape index (κ1) is 26.7. The Bertz CT molecular complexity index is 1770. The molecule has 0 unspecified atom stereocenters. The molecule has 2 aromatic heterocycles. The monoisotopic (exact) mass is 563 g/mol. The van der Waals surface area contributed by atoms with E-state index < -0.39 is 10.0 Å². The highest BCUT2D eigenvalue weighted by molar-refractivity contribution is 7.89. The van der Waals surface area contributed by atoms with Crippen molar-refractivity contribution >= 4 is 36.7 Å². The van der Waals surface area contributed by atoms with Crippen LogP contribution in [0.25, 0.3) is 32.7 Å². The van der Waals surface area contributed by atoms with Gasteiger partial charge in [0, 0.05) is 11.1 Å². The summed E-state index contributed by atoms with van der Waals surface area (Å²) in [7, 11) is -2.60. The number of sulfonamides is 1. The maximum atomic E-state index is 13.3. The highest BCUT2D eigenvalue weighted by atomic mass is 32.2. The molecular formula is C27H29N7O3S2. The lowest BCUT2D eigenvalue weighted by atomic mass is 9.86. The van der Waals surface area contributed by atoms with E-state index in [0.717, 1.165) is 16.0 Å². The molecule has 10 nitrogen and oxygen atoms in total. The number of rotatable bonds is 7. The molecule has 5 aromatic rings. The van der Waals surface area contributed by atoms with Gasteiger partial charge in [-0.25, -0.2) is 23.2 Å². The Hall–Kier alpha value is -3.87. The molecule has 0 aliphatic heterocycles.